The van der Waals surface area contributed by atoms with Crippen LogP contribution in [0.4, 0.5) is 5.95 Å². The topological polar surface area (TPSA) is 50.1 Å². The van der Waals surface area contributed by atoms with E-state index in [0.29, 0.717) is 0 Å². The van der Waals surface area contributed by atoms with Gasteiger partial charge in [-0.15, -0.1) is 0 Å². The molecule has 0 aliphatic rings. The molecule has 1 heterocycles. The summed E-state index contributed by atoms with van der Waals surface area (Å²) < 4.78 is 2.02. The maximum absolute atomic E-state index is 9.25. The first-order chi connectivity index (χ1) is 6.65. The van der Waals surface area contributed by atoms with Gasteiger partial charge in [0.15, 0.2) is 0 Å². The maximum atomic E-state index is 9.25. The van der Waals surface area contributed by atoms with Crippen molar-refractivity contribution in [2.75, 3.05) is 11.9 Å². The average molecular weight is 197 g/mol. The summed E-state index contributed by atoms with van der Waals surface area (Å²) in [4.78, 5) is 4.21. The molecule has 4 nitrogen and oxygen atoms in total. The number of nitrogens with zero attached hydrogens (tertiary/aromatic N) is 2. The summed E-state index contributed by atoms with van der Waals surface area (Å²) >= 11 is 0. The van der Waals surface area contributed by atoms with E-state index >= 15 is 0 Å². The van der Waals surface area contributed by atoms with E-state index < -0.39 is 0 Å². The third-order valence-corrected chi connectivity index (χ3v) is 2.60. The molecule has 1 rings (SSSR count). The highest BCUT2D eigenvalue weighted by atomic mass is 16.3. The molecule has 0 saturated heterocycles. The number of rotatable bonds is 5. The normalized spacial score (nSPS) is 15.1. The van der Waals surface area contributed by atoms with Gasteiger partial charge in [0, 0.05) is 18.9 Å². The van der Waals surface area contributed by atoms with Gasteiger partial charge in [-0.25, -0.2) is 4.98 Å². The maximum Gasteiger partial charge on any atom is 0.203 e. The first-order valence-corrected chi connectivity index (χ1v) is 5.05. The molecule has 1 unspecified atom stereocenters. The zero-order valence-corrected chi connectivity index (χ0v) is 9.12. The Balaban J connectivity index is 2.76. The third kappa shape index (κ3) is 2.26. The van der Waals surface area contributed by atoms with Crippen molar-refractivity contribution in [1.29, 1.82) is 0 Å². The van der Waals surface area contributed by atoms with Crippen molar-refractivity contribution in [3.05, 3.63) is 12.4 Å². The zero-order chi connectivity index (χ0) is 10.6. The number of hydrogen-bond donors (Lipinski definition) is 2. The Labute approximate surface area is 85.0 Å². The van der Waals surface area contributed by atoms with Crippen molar-refractivity contribution in [2.24, 2.45) is 0 Å². The van der Waals surface area contributed by atoms with Gasteiger partial charge in [-0.05, 0) is 20.3 Å². The number of anilines is 1. The Hall–Kier alpha value is -1.03. The van der Waals surface area contributed by atoms with Crippen LogP contribution in [0.2, 0.25) is 0 Å². The summed E-state index contributed by atoms with van der Waals surface area (Å²) in [6, 6.07) is 0. The number of hydrogen-bond acceptors (Lipinski definition) is 3. The first kappa shape index (κ1) is 11.0. The fourth-order valence-corrected chi connectivity index (χ4v) is 1.20. The van der Waals surface area contributed by atoms with Crippen LogP contribution in [0.3, 0.4) is 0 Å². The monoisotopic (exact) mass is 197 g/mol. The van der Waals surface area contributed by atoms with Gasteiger partial charge in [0.2, 0.25) is 5.95 Å². The number of imidazole rings is 1. The van der Waals surface area contributed by atoms with Gasteiger partial charge in [-0.1, -0.05) is 6.92 Å². The van der Waals surface area contributed by atoms with E-state index in [2.05, 4.69) is 17.2 Å². The highest BCUT2D eigenvalue weighted by molar-refractivity contribution is 5.30. The highest BCUT2D eigenvalue weighted by Gasteiger charge is 2.21. The molecule has 0 aliphatic carbocycles. The van der Waals surface area contributed by atoms with Crippen LogP contribution in [0.5, 0.6) is 0 Å². The molecule has 0 radical (unpaired) electrons. The minimum atomic E-state index is -0.279. The van der Waals surface area contributed by atoms with Crippen LogP contribution in [-0.2, 0) is 6.54 Å². The molecule has 0 spiro atoms. The van der Waals surface area contributed by atoms with E-state index in [1.807, 2.05) is 24.6 Å². The predicted octanol–water partition coefficient (Wildman–Crippen LogP) is 1.48. The highest BCUT2D eigenvalue weighted by Crippen LogP contribution is 2.16. The Kier molecular flexibility index (Phi) is 3.52. The second kappa shape index (κ2) is 4.46. The SMILES string of the molecule is CCn1ccnc1NC(C)(CC)CO. The first-order valence-electron chi connectivity index (χ1n) is 5.05. The zero-order valence-electron chi connectivity index (χ0n) is 9.12. The number of aryl methyl sites for hydroxylation is 1. The summed E-state index contributed by atoms with van der Waals surface area (Å²) in [5.74, 6) is 0.825. The summed E-state index contributed by atoms with van der Waals surface area (Å²) in [6.07, 6.45) is 4.55. The van der Waals surface area contributed by atoms with Crippen molar-refractivity contribution in [1.82, 2.24) is 9.55 Å². The van der Waals surface area contributed by atoms with Gasteiger partial charge < -0.3 is 15.0 Å². The lowest BCUT2D eigenvalue weighted by Crippen LogP contribution is -2.39. The molecule has 14 heavy (non-hydrogen) atoms. The van der Waals surface area contributed by atoms with E-state index in [1.54, 1.807) is 6.20 Å². The Bertz CT molecular complexity index is 279. The summed E-state index contributed by atoms with van der Waals surface area (Å²) in [5.41, 5.74) is -0.279. The fraction of sp³-hybridized carbons (Fsp3) is 0.700. The minimum absolute atomic E-state index is 0.111. The largest absolute Gasteiger partial charge is 0.394 e. The predicted molar refractivity (Wildman–Crippen MR) is 57.3 cm³/mol. The molecule has 0 amide bonds. The Morgan fingerprint density at radius 2 is 2.29 bits per heavy atom. The van der Waals surface area contributed by atoms with Gasteiger partial charge >= 0.3 is 0 Å². The molecular weight excluding hydrogens is 178 g/mol. The number of aliphatic hydroxyl groups excluding tert-OH is 1. The average Bonchev–Trinajstić information content (AvgIpc) is 2.65. The Morgan fingerprint density at radius 3 is 2.79 bits per heavy atom. The van der Waals surface area contributed by atoms with E-state index in [4.69, 9.17) is 0 Å². The third-order valence-electron chi connectivity index (χ3n) is 2.60. The molecule has 0 saturated carbocycles. The number of aromatic nitrogens is 2. The van der Waals surface area contributed by atoms with Crippen LogP contribution < -0.4 is 5.32 Å². The van der Waals surface area contributed by atoms with Gasteiger partial charge in [-0.2, -0.15) is 0 Å². The quantitative estimate of drug-likeness (QED) is 0.751. The van der Waals surface area contributed by atoms with Crippen molar-refractivity contribution >= 4 is 5.95 Å². The van der Waals surface area contributed by atoms with Crippen molar-refractivity contribution < 1.29 is 5.11 Å². The van der Waals surface area contributed by atoms with E-state index in [-0.39, 0.29) is 12.1 Å². The standard InChI is InChI=1S/C10H19N3O/c1-4-10(3,8-14)12-9-11-6-7-13(9)5-2/h6-7,14H,4-5,8H2,1-3H3,(H,11,12). The van der Waals surface area contributed by atoms with Gasteiger partial charge in [-0.3, -0.25) is 0 Å². The van der Waals surface area contributed by atoms with Crippen LogP contribution in [0, 0.1) is 0 Å². The summed E-state index contributed by atoms with van der Waals surface area (Å²) in [5, 5.41) is 12.5. The van der Waals surface area contributed by atoms with Crippen molar-refractivity contribution in [2.45, 2.75) is 39.3 Å². The molecule has 4 heteroatoms. The molecule has 0 aromatic carbocycles. The fourth-order valence-electron chi connectivity index (χ4n) is 1.20. The molecule has 0 bridgehead atoms. The molecule has 2 N–H and O–H groups in total. The number of aliphatic hydroxyl groups is 1. The molecule has 1 aromatic rings. The molecule has 1 aromatic heterocycles. The Morgan fingerprint density at radius 1 is 1.57 bits per heavy atom. The van der Waals surface area contributed by atoms with Gasteiger partial charge in [0.1, 0.15) is 0 Å². The minimum Gasteiger partial charge on any atom is -0.394 e. The van der Waals surface area contributed by atoms with Gasteiger partial charge in [0.25, 0.3) is 0 Å². The van der Waals surface area contributed by atoms with E-state index in [9.17, 15) is 5.11 Å². The second-order valence-corrected chi connectivity index (χ2v) is 3.73. The molecular formula is C10H19N3O. The van der Waals surface area contributed by atoms with Crippen molar-refractivity contribution in [3.8, 4) is 0 Å². The summed E-state index contributed by atoms with van der Waals surface area (Å²) in [7, 11) is 0. The lowest BCUT2D eigenvalue weighted by molar-refractivity contribution is 0.218. The van der Waals surface area contributed by atoms with Gasteiger partial charge in [0.05, 0.1) is 12.1 Å². The second-order valence-electron chi connectivity index (χ2n) is 3.73. The lowest BCUT2D eigenvalue weighted by atomic mass is 10.0. The van der Waals surface area contributed by atoms with Crippen LogP contribution in [0.1, 0.15) is 27.2 Å². The van der Waals surface area contributed by atoms with Crippen LogP contribution >= 0.6 is 0 Å². The molecule has 0 aliphatic heterocycles. The molecule has 1 atom stereocenters. The van der Waals surface area contributed by atoms with E-state index in [0.717, 1.165) is 18.9 Å². The molecule has 0 fully saturated rings. The van der Waals surface area contributed by atoms with Crippen LogP contribution in [-0.4, -0.2) is 26.8 Å². The smallest absolute Gasteiger partial charge is 0.203 e. The summed E-state index contributed by atoms with van der Waals surface area (Å²) in [6.45, 7) is 7.09. The number of nitrogens with one attached hydrogen (secondary N) is 1. The van der Waals surface area contributed by atoms with E-state index in [1.165, 1.54) is 0 Å². The van der Waals surface area contributed by atoms with Crippen LogP contribution in [0.15, 0.2) is 12.4 Å². The van der Waals surface area contributed by atoms with Crippen LogP contribution in [0.25, 0.3) is 0 Å². The molecule has 80 valence electrons. The van der Waals surface area contributed by atoms with Crippen molar-refractivity contribution in [3.63, 3.8) is 0 Å². The lowest BCUT2D eigenvalue weighted by Gasteiger charge is -2.27.